The number of carbonyl (C=O) groups is 1. The Labute approximate surface area is 143 Å². The highest BCUT2D eigenvalue weighted by Crippen LogP contribution is 2.35. The fourth-order valence-electron chi connectivity index (χ4n) is 2.55. The first-order valence-electron chi connectivity index (χ1n) is 7.47. The molecule has 2 N–H and O–H groups in total. The number of nitrogens with zero attached hydrogens (tertiary/aromatic N) is 1. The van der Waals surface area contributed by atoms with Crippen molar-refractivity contribution in [3.8, 4) is 22.8 Å². The lowest BCUT2D eigenvalue weighted by Gasteiger charge is -2.09. The molecule has 0 bridgehead atoms. The van der Waals surface area contributed by atoms with Crippen molar-refractivity contribution in [2.75, 3.05) is 26.1 Å². The first kappa shape index (κ1) is 16.7. The van der Waals surface area contributed by atoms with Crippen LogP contribution in [0.1, 0.15) is 6.42 Å². The number of anilines is 1. The highest BCUT2D eigenvalue weighted by atomic mass is 32.1. The van der Waals surface area contributed by atoms with Crippen LogP contribution in [0.2, 0.25) is 0 Å². The van der Waals surface area contributed by atoms with Crippen LogP contribution in [-0.4, -0.2) is 43.9 Å². The highest BCUT2D eigenvalue weighted by Gasteiger charge is 2.29. The number of amides is 1. The third-order valence-corrected chi connectivity index (χ3v) is 4.57. The maximum absolute atomic E-state index is 13.2. The summed E-state index contributed by atoms with van der Waals surface area (Å²) in [5, 5.41) is 7.87. The van der Waals surface area contributed by atoms with Gasteiger partial charge in [-0.1, -0.05) is 0 Å². The van der Waals surface area contributed by atoms with Crippen LogP contribution < -0.4 is 20.1 Å². The minimum Gasteiger partial charge on any atom is -0.497 e. The number of benzene rings is 1. The van der Waals surface area contributed by atoms with E-state index in [0.29, 0.717) is 22.3 Å². The first-order valence-corrected chi connectivity index (χ1v) is 8.35. The first-order chi connectivity index (χ1) is 11.6. The number of halogens is 1. The molecule has 1 fully saturated rings. The second-order valence-electron chi connectivity index (χ2n) is 5.39. The van der Waals surface area contributed by atoms with Crippen molar-refractivity contribution in [3.63, 3.8) is 0 Å². The van der Waals surface area contributed by atoms with Gasteiger partial charge < -0.3 is 20.1 Å². The molecule has 1 amide bonds. The van der Waals surface area contributed by atoms with Gasteiger partial charge in [0.2, 0.25) is 5.91 Å². The van der Waals surface area contributed by atoms with E-state index < -0.39 is 12.2 Å². The number of alkyl halides is 1. The van der Waals surface area contributed by atoms with Gasteiger partial charge in [-0.15, -0.1) is 11.3 Å². The summed E-state index contributed by atoms with van der Waals surface area (Å²) in [6.07, 6.45) is -0.790. The molecule has 3 rings (SSSR count). The van der Waals surface area contributed by atoms with E-state index in [1.54, 1.807) is 26.4 Å². The maximum atomic E-state index is 13.2. The Hall–Kier alpha value is -2.19. The molecular formula is C16H18FN3O3S. The van der Waals surface area contributed by atoms with Gasteiger partial charge in [0.15, 0.2) is 5.13 Å². The third-order valence-electron chi connectivity index (χ3n) is 3.81. The number of carbonyl (C=O) groups excluding carboxylic acids is 1. The van der Waals surface area contributed by atoms with E-state index in [2.05, 4.69) is 15.6 Å². The Kier molecular flexibility index (Phi) is 4.96. The van der Waals surface area contributed by atoms with Crippen molar-refractivity contribution in [2.45, 2.75) is 18.6 Å². The van der Waals surface area contributed by atoms with Gasteiger partial charge in [0.25, 0.3) is 0 Å². The number of thiazole rings is 1. The van der Waals surface area contributed by atoms with Gasteiger partial charge in [0, 0.05) is 23.9 Å². The van der Waals surface area contributed by atoms with E-state index in [-0.39, 0.29) is 18.9 Å². The van der Waals surface area contributed by atoms with Crippen molar-refractivity contribution in [1.82, 2.24) is 10.3 Å². The summed E-state index contributed by atoms with van der Waals surface area (Å²) in [6, 6.07) is 4.91. The molecule has 1 saturated heterocycles. The molecule has 1 aromatic carbocycles. The molecule has 128 valence electrons. The Morgan fingerprint density at radius 2 is 2.25 bits per heavy atom. The molecule has 1 aliphatic rings. The molecule has 0 spiro atoms. The quantitative estimate of drug-likeness (QED) is 0.866. The summed E-state index contributed by atoms with van der Waals surface area (Å²) in [4.78, 5) is 16.5. The van der Waals surface area contributed by atoms with Crippen LogP contribution in [0.5, 0.6) is 11.5 Å². The molecule has 2 heterocycles. The van der Waals surface area contributed by atoms with E-state index in [9.17, 15) is 9.18 Å². The van der Waals surface area contributed by atoms with Crippen molar-refractivity contribution in [1.29, 1.82) is 0 Å². The minimum absolute atomic E-state index is 0.188. The number of hydrogen-bond acceptors (Lipinski definition) is 6. The summed E-state index contributed by atoms with van der Waals surface area (Å²) in [5.41, 5.74) is 1.45. The zero-order valence-corrected chi connectivity index (χ0v) is 14.2. The van der Waals surface area contributed by atoms with Crippen LogP contribution in [0, 0.1) is 0 Å². The predicted octanol–water partition coefficient (Wildman–Crippen LogP) is 2.47. The molecule has 1 aromatic heterocycles. The van der Waals surface area contributed by atoms with Crippen molar-refractivity contribution in [2.24, 2.45) is 0 Å². The number of ether oxygens (including phenoxy) is 2. The van der Waals surface area contributed by atoms with Crippen molar-refractivity contribution in [3.05, 3.63) is 23.6 Å². The summed E-state index contributed by atoms with van der Waals surface area (Å²) in [7, 11) is 3.17. The largest absolute Gasteiger partial charge is 0.497 e. The van der Waals surface area contributed by atoms with Crippen LogP contribution in [0.4, 0.5) is 9.52 Å². The fourth-order valence-corrected chi connectivity index (χ4v) is 3.27. The average Bonchev–Trinajstić information content (AvgIpc) is 3.23. The molecule has 8 heteroatoms. The van der Waals surface area contributed by atoms with Gasteiger partial charge in [0.1, 0.15) is 17.7 Å². The Morgan fingerprint density at radius 3 is 2.92 bits per heavy atom. The SMILES string of the molecule is COc1ccc(OC)c(-c2csc(NC(=O)[C@H]3C[C@H](F)CN3)n2)c1. The predicted molar refractivity (Wildman–Crippen MR) is 90.6 cm³/mol. The van der Waals surface area contributed by atoms with Crippen LogP contribution in [-0.2, 0) is 4.79 Å². The van der Waals surface area contributed by atoms with Gasteiger partial charge in [-0.25, -0.2) is 9.37 Å². The number of rotatable bonds is 5. The second-order valence-corrected chi connectivity index (χ2v) is 6.25. The zero-order valence-electron chi connectivity index (χ0n) is 13.3. The normalized spacial score (nSPS) is 20.0. The summed E-state index contributed by atoms with van der Waals surface area (Å²) in [5.74, 6) is 1.08. The van der Waals surface area contributed by atoms with Crippen LogP contribution in [0.15, 0.2) is 23.6 Å². The van der Waals surface area contributed by atoms with Gasteiger partial charge in [-0.05, 0) is 18.2 Å². The van der Waals surface area contributed by atoms with Gasteiger partial charge in [0.05, 0.1) is 26.0 Å². The molecule has 0 saturated carbocycles. The minimum atomic E-state index is -0.978. The average molecular weight is 351 g/mol. The van der Waals surface area contributed by atoms with Crippen molar-refractivity contribution < 1.29 is 18.7 Å². The molecule has 0 radical (unpaired) electrons. The standard InChI is InChI=1S/C16H18FN3O3S/c1-22-10-3-4-14(23-2)11(6-10)13-8-24-16(19-13)20-15(21)12-5-9(17)7-18-12/h3-4,6,8-9,12,18H,5,7H2,1-2H3,(H,19,20,21)/t9-,12+/m0/s1. The van der Waals surface area contributed by atoms with Crippen molar-refractivity contribution >= 4 is 22.4 Å². The van der Waals surface area contributed by atoms with Gasteiger partial charge >= 0.3 is 0 Å². The van der Waals surface area contributed by atoms with E-state index in [1.165, 1.54) is 11.3 Å². The van der Waals surface area contributed by atoms with Crippen LogP contribution >= 0.6 is 11.3 Å². The highest BCUT2D eigenvalue weighted by molar-refractivity contribution is 7.14. The van der Waals surface area contributed by atoms with E-state index in [4.69, 9.17) is 9.47 Å². The van der Waals surface area contributed by atoms with Gasteiger partial charge in [-0.3, -0.25) is 4.79 Å². The molecule has 24 heavy (non-hydrogen) atoms. The number of aromatic nitrogens is 1. The summed E-state index contributed by atoms with van der Waals surface area (Å²) < 4.78 is 23.8. The second kappa shape index (κ2) is 7.14. The lowest BCUT2D eigenvalue weighted by molar-refractivity contribution is -0.117. The van der Waals surface area contributed by atoms with Crippen LogP contribution in [0.3, 0.4) is 0 Å². The topological polar surface area (TPSA) is 72.5 Å². The molecule has 6 nitrogen and oxygen atoms in total. The zero-order chi connectivity index (χ0) is 17.1. The number of nitrogens with one attached hydrogen (secondary N) is 2. The molecular weight excluding hydrogens is 333 g/mol. The molecule has 2 atom stereocenters. The maximum Gasteiger partial charge on any atom is 0.243 e. The molecule has 1 aliphatic heterocycles. The van der Waals surface area contributed by atoms with Crippen LogP contribution in [0.25, 0.3) is 11.3 Å². The Bertz CT molecular complexity index is 737. The molecule has 2 aromatic rings. The van der Waals surface area contributed by atoms with E-state index in [0.717, 1.165) is 5.56 Å². The Balaban J connectivity index is 1.77. The monoisotopic (exact) mass is 351 g/mol. The molecule has 0 aliphatic carbocycles. The Morgan fingerprint density at radius 1 is 1.42 bits per heavy atom. The number of hydrogen-bond donors (Lipinski definition) is 2. The van der Waals surface area contributed by atoms with Gasteiger partial charge in [-0.2, -0.15) is 0 Å². The lowest BCUT2D eigenvalue weighted by Crippen LogP contribution is -2.35. The lowest BCUT2D eigenvalue weighted by atomic mass is 10.1. The fraction of sp³-hybridized carbons (Fsp3) is 0.375. The smallest absolute Gasteiger partial charge is 0.243 e. The summed E-state index contributed by atoms with van der Waals surface area (Å²) >= 11 is 1.30. The third kappa shape index (κ3) is 3.49. The van der Waals surface area contributed by atoms with E-state index >= 15 is 0 Å². The number of methoxy groups -OCH3 is 2. The summed E-state index contributed by atoms with van der Waals surface area (Å²) in [6.45, 7) is 0.211. The van der Waals surface area contributed by atoms with E-state index in [1.807, 2.05) is 11.4 Å². The molecule has 0 unspecified atom stereocenters.